The molecule has 0 saturated carbocycles. The second kappa shape index (κ2) is 8.91. The molecule has 4 rings (SSSR count). The van der Waals surface area contributed by atoms with Crippen molar-refractivity contribution in [3.63, 3.8) is 0 Å². The largest absolute Gasteiger partial charge is 0.331 e. The van der Waals surface area contributed by atoms with Crippen molar-refractivity contribution in [3.8, 4) is 11.1 Å². The first-order chi connectivity index (χ1) is 14.6. The summed E-state index contributed by atoms with van der Waals surface area (Å²) in [5.41, 5.74) is 3.75. The molecule has 1 atom stereocenters. The van der Waals surface area contributed by atoms with E-state index in [1.165, 1.54) is 6.92 Å². The van der Waals surface area contributed by atoms with E-state index in [1.54, 1.807) is 16.0 Å². The van der Waals surface area contributed by atoms with Gasteiger partial charge in [-0.25, -0.2) is 0 Å². The maximum Gasteiger partial charge on any atom is 0.250 e. The lowest BCUT2D eigenvalue weighted by Crippen LogP contribution is -2.47. The molecule has 1 aliphatic heterocycles. The predicted molar refractivity (Wildman–Crippen MR) is 118 cm³/mol. The second-order valence-electron chi connectivity index (χ2n) is 7.53. The van der Waals surface area contributed by atoms with E-state index in [0.29, 0.717) is 19.5 Å². The van der Waals surface area contributed by atoms with Crippen LogP contribution in [-0.4, -0.2) is 34.3 Å². The zero-order valence-electron chi connectivity index (χ0n) is 17.1. The van der Waals surface area contributed by atoms with Crippen molar-refractivity contribution in [2.75, 3.05) is 11.4 Å². The Morgan fingerprint density at radius 3 is 2.50 bits per heavy atom. The fraction of sp³-hybridized carbons (Fsp3) is 0.240. The summed E-state index contributed by atoms with van der Waals surface area (Å²) in [4.78, 5) is 33.5. The van der Waals surface area contributed by atoms with Gasteiger partial charge in [-0.05, 0) is 48.2 Å². The van der Waals surface area contributed by atoms with E-state index >= 15 is 0 Å². The third-order valence-corrected chi connectivity index (χ3v) is 5.52. The fourth-order valence-corrected chi connectivity index (χ4v) is 4.01. The summed E-state index contributed by atoms with van der Waals surface area (Å²) in [6.45, 7) is 2.53. The number of pyridine rings is 1. The second-order valence-corrected chi connectivity index (χ2v) is 7.53. The van der Waals surface area contributed by atoms with Crippen molar-refractivity contribution in [1.29, 1.82) is 0 Å². The van der Waals surface area contributed by atoms with E-state index in [-0.39, 0.29) is 11.8 Å². The van der Waals surface area contributed by atoms with Gasteiger partial charge in [-0.2, -0.15) is 0 Å². The lowest BCUT2D eigenvalue weighted by atomic mass is 10.0. The summed E-state index contributed by atoms with van der Waals surface area (Å²) in [5.74, 6) is -0.111. The number of nitrogens with zero attached hydrogens (tertiary/aromatic N) is 3. The smallest absolute Gasteiger partial charge is 0.250 e. The monoisotopic (exact) mass is 399 g/mol. The van der Waals surface area contributed by atoms with Gasteiger partial charge < -0.3 is 9.80 Å². The van der Waals surface area contributed by atoms with E-state index in [9.17, 15) is 9.59 Å². The van der Waals surface area contributed by atoms with Gasteiger partial charge in [-0.1, -0.05) is 48.5 Å². The van der Waals surface area contributed by atoms with Crippen LogP contribution in [0.15, 0.2) is 79.0 Å². The number of amides is 2. The molecule has 1 saturated heterocycles. The van der Waals surface area contributed by atoms with Gasteiger partial charge in [-0.3, -0.25) is 14.6 Å². The molecule has 1 aliphatic rings. The van der Waals surface area contributed by atoms with Crippen LogP contribution < -0.4 is 4.90 Å². The Labute approximate surface area is 177 Å². The number of aromatic nitrogens is 1. The Balaban J connectivity index is 1.71. The summed E-state index contributed by atoms with van der Waals surface area (Å²) in [5, 5.41) is 0. The number of carbonyl (C=O) groups is 2. The molecule has 3 aromatic rings. The number of hydrogen-bond donors (Lipinski definition) is 0. The molecule has 0 radical (unpaired) electrons. The topological polar surface area (TPSA) is 53.5 Å². The molecule has 0 bridgehead atoms. The summed E-state index contributed by atoms with van der Waals surface area (Å²) in [6, 6.07) is 23.4. The Morgan fingerprint density at radius 2 is 1.77 bits per heavy atom. The van der Waals surface area contributed by atoms with Gasteiger partial charge in [-0.15, -0.1) is 0 Å². The molecule has 0 spiro atoms. The molecular formula is C25H25N3O2. The number of rotatable bonds is 5. The van der Waals surface area contributed by atoms with E-state index in [0.717, 1.165) is 28.9 Å². The first-order valence-electron chi connectivity index (χ1n) is 10.3. The van der Waals surface area contributed by atoms with Crippen molar-refractivity contribution >= 4 is 17.5 Å². The third-order valence-electron chi connectivity index (χ3n) is 5.52. The molecule has 30 heavy (non-hydrogen) atoms. The highest BCUT2D eigenvalue weighted by Crippen LogP contribution is 2.28. The van der Waals surface area contributed by atoms with Gasteiger partial charge >= 0.3 is 0 Å². The minimum atomic E-state index is -0.424. The van der Waals surface area contributed by atoms with Gasteiger partial charge in [0.25, 0.3) is 0 Å². The molecule has 5 nitrogen and oxygen atoms in total. The highest BCUT2D eigenvalue weighted by Gasteiger charge is 2.35. The van der Waals surface area contributed by atoms with Crippen LogP contribution in [-0.2, 0) is 16.1 Å². The molecule has 1 aromatic heterocycles. The number of likely N-dealkylation sites (tertiary alicyclic amines) is 1. The third kappa shape index (κ3) is 4.25. The van der Waals surface area contributed by atoms with Crippen LogP contribution in [0.2, 0.25) is 0 Å². The van der Waals surface area contributed by atoms with Gasteiger partial charge in [0, 0.05) is 25.4 Å². The van der Waals surface area contributed by atoms with Gasteiger partial charge in [0.1, 0.15) is 6.04 Å². The number of carbonyl (C=O) groups excluding carboxylic acids is 2. The molecule has 1 unspecified atom stereocenters. The molecule has 5 heteroatoms. The number of benzene rings is 2. The van der Waals surface area contributed by atoms with Crippen molar-refractivity contribution in [3.05, 3.63) is 84.7 Å². The van der Waals surface area contributed by atoms with Crippen LogP contribution in [0.3, 0.4) is 0 Å². The van der Waals surface area contributed by atoms with E-state index in [2.05, 4.69) is 17.1 Å². The van der Waals surface area contributed by atoms with Gasteiger partial charge in [0.05, 0.1) is 12.2 Å². The van der Waals surface area contributed by atoms with Crippen LogP contribution in [0, 0.1) is 0 Å². The summed E-state index contributed by atoms with van der Waals surface area (Å²) >= 11 is 0. The quantitative estimate of drug-likeness (QED) is 0.643. The van der Waals surface area contributed by atoms with Gasteiger partial charge in [0.15, 0.2) is 0 Å². The van der Waals surface area contributed by atoms with Crippen molar-refractivity contribution in [1.82, 2.24) is 9.88 Å². The van der Waals surface area contributed by atoms with Crippen LogP contribution in [0.25, 0.3) is 11.1 Å². The highest BCUT2D eigenvalue weighted by molar-refractivity contribution is 5.99. The molecule has 0 N–H and O–H groups in total. The Bertz CT molecular complexity index is 1020. The highest BCUT2D eigenvalue weighted by atomic mass is 16.2. The average Bonchev–Trinajstić information content (AvgIpc) is 3.29. The van der Waals surface area contributed by atoms with E-state index < -0.39 is 6.04 Å². The predicted octanol–water partition coefficient (Wildman–Crippen LogP) is 4.29. The van der Waals surface area contributed by atoms with Crippen LogP contribution >= 0.6 is 0 Å². The minimum absolute atomic E-state index is 0.0540. The maximum atomic E-state index is 13.6. The van der Waals surface area contributed by atoms with Gasteiger partial charge in [0.2, 0.25) is 11.8 Å². The van der Waals surface area contributed by atoms with Crippen molar-refractivity contribution in [2.45, 2.75) is 32.4 Å². The maximum absolute atomic E-state index is 13.6. The van der Waals surface area contributed by atoms with Crippen molar-refractivity contribution < 1.29 is 9.59 Å². The molecule has 2 amide bonds. The molecule has 1 fully saturated rings. The van der Waals surface area contributed by atoms with Crippen LogP contribution in [0.5, 0.6) is 0 Å². The lowest BCUT2D eigenvalue weighted by molar-refractivity contribution is -0.135. The van der Waals surface area contributed by atoms with E-state index in [4.69, 9.17) is 0 Å². The molecule has 2 aromatic carbocycles. The normalized spacial score (nSPS) is 15.8. The SMILES string of the molecule is CC(=O)N1CCCC1C(=O)N(Cc1ccccn1)c1cccc(-c2ccccc2)c1. The summed E-state index contributed by atoms with van der Waals surface area (Å²) in [7, 11) is 0. The minimum Gasteiger partial charge on any atom is -0.331 e. The van der Waals surface area contributed by atoms with E-state index in [1.807, 2.05) is 60.7 Å². The fourth-order valence-electron chi connectivity index (χ4n) is 4.01. The standard InChI is InChI=1S/C25H25N3O2/c1-19(29)27-16-8-14-24(27)25(30)28(18-22-12-5-6-15-26-22)23-13-7-11-21(17-23)20-9-3-2-4-10-20/h2-7,9-13,15,17,24H,8,14,16,18H2,1H3. The zero-order chi connectivity index (χ0) is 20.9. The molecule has 152 valence electrons. The van der Waals surface area contributed by atoms with Crippen molar-refractivity contribution in [2.24, 2.45) is 0 Å². The van der Waals surface area contributed by atoms with Crippen LogP contribution in [0.4, 0.5) is 5.69 Å². The number of anilines is 1. The number of hydrogen-bond acceptors (Lipinski definition) is 3. The molecule has 0 aliphatic carbocycles. The first-order valence-corrected chi connectivity index (χ1v) is 10.3. The molecule has 2 heterocycles. The Morgan fingerprint density at radius 1 is 1.00 bits per heavy atom. The summed E-state index contributed by atoms with van der Waals surface area (Å²) in [6.07, 6.45) is 3.27. The Hall–Kier alpha value is -3.47. The summed E-state index contributed by atoms with van der Waals surface area (Å²) < 4.78 is 0. The average molecular weight is 399 g/mol. The zero-order valence-corrected chi connectivity index (χ0v) is 17.1. The Kier molecular flexibility index (Phi) is 5.89. The van der Waals surface area contributed by atoms with Crippen LogP contribution in [0.1, 0.15) is 25.5 Å². The lowest BCUT2D eigenvalue weighted by Gasteiger charge is -2.30. The first kappa shape index (κ1) is 19.8. The molecular weight excluding hydrogens is 374 g/mol.